The van der Waals surface area contributed by atoms with E-state index in [9.17, 15) is 35.9 Å². The molecule has 9 nitrogen and oxygen atoms in total. The van der Waals surface area contributed by atoms with Crippen LogP contribution in [0.3, 0.4) is 0 Å². The molecule has 1 fully saturated rings. The number of aliphatic carboxylic acids is 1. The van der Waals surface area contributed by atoms with E-state index in [-0.39, 0.29) is 49.2 Å². The van der Waals surface area contributed by atoms with Crippen molar-refractivity contribution in [2.75, 3.05) is 11.5 Å². The average Bonchev–Trinajstić information content (AvgIpc) is 3.49. The molecule has 0 unspecified atom stereocenters. The van der Waals surface area contributed by atoms with Gasteiger partial charge in [-0.3, -0.25) is 4.79 Å². The molecule has 0 bridgehead atoms. The highest BCUT2D eigenvalue weighted by Crippen LogP contribution is 2.38. The molecule has 3 aromatic rings. The molecule has 3 heterocycles. The number of alkyl halides is 6. The molecule has 15 heteroatoms. The first kappa shape index (κ1) is 38.5. The monoisotopic (exact) mass is 711 g/mol. The van der Waals surface area contributed by atoms with Gasteiger partial charge in [-0.15, -0.1) is 0 Å². The van der Waals surface area contributed by atoms with Crippen LogP contribution in [0.5, 0.6) is 0 Å². The van der Waals surface area contributed by atoms with Gasteiger partial charge < -0.3 is 24.2 Å². The molecule has 0 aliphatic carbocycles. The van der Waals surface area contributed by atoms with Gasteiger partial charge in [0.2, 0.25) is 5.95 Å². The molecule has 4 rings (SSSR count). The summed E-state index contributed by atoms with van der Waals surface area (Å²) in [4.78, 5) is 37.0. The third kappa shape index (κ3) is 9.69. The minimum absolute atomic E-state index is 0.00325. The number of nitrogens with zero attached hydrogens (tertiary/aromatic N) is 5. The molecular formula is C35H43F6N5O4. The number of halogens is 6. The van der Waals surface area contributed by atoms with Crippen LogP contribution in [0, 0.1) is 5.41 Å². The van der Waals surface area contributed by atoms with Crippen molar-refractivity contribution in [3.8, 4) is 11.1 Å². The number of likely N-dealkylation sites (tertiary alicyclic amines) is 1. The number of carboxylic acid groups (broad SMARTS) is 1. The van der Waals surface area contributed by atoms with Crippen LogP contribution < -0.4 is 4.90 Å². The molecule has 2 aromatic heterocycles. The van der Waals surface area contributed by atoms with Crippen LogP contribution in [0.2, 0.25) is 0 Å². The Kier molecular flexibility index (Phi) is 11.8. The van der Waals surface area contributed by atoms with Crippen LogP contribution in [0.4, 0.5) is 37.1 Å². The van der Waals surface area contributed by atoms with Crippen LogP contribution >= 0.6 is 0 Å². The lowest BCUT2D eigenvalue weighted by Gasteiger charge is -2.47. The highest BCUT2D eigenvalue weighted by atomic mass is 19.4. The van der Waals surface area contributed by atoms with Gasteiger partial charge in [-0.05, 0) is 67.3 Å². The number of aromatic nitrogens is 3. The van der Waals surface area contributed by atoms with Crippen molar-refractivity contribution in [1.82, 2.24) is 19.4 Å². The largest absolute Gasteiger partial charge is 0.481 e. The first-order chi connectivity index (χ1) is 23.3. The van der Waals surface area contributed by atoms with Crippen LogP contribution in [0.1, 0.15) is 82.9 Å². The van der Waals surface area contributed by atoms with E-state index in [0.29, 0.717) is 49.8 Å². The number of rotatable bonds is 12. The Balaban J connectivity index is 1.69. The Labute approximate surface area is 287 Å². The van der Waals surface area contributed by atoms with Crippen molar-refractivity contribution in [3.63, 3.8) is 0 Å². The Hall–Kier alpha value is -4.30. The van der Waals surface area contributed by atoms with E-state index in [1.54, 1.807) is 22.2 Å². The standard InChI is InChI=1S/C35H43F6N5O4/c1-6-27-15-29(16-28(7-2)46(27)32(49)50-21-33(3,4)10-8-30(47)48)45(31-42-17-24(18-43-31)23-9-11-44(5)20-23)19-22-12-25(34(36,37)38)14-26(13-22)35(39,40)41/h9,11-14,17-18,20,27-29H,6-8,10,15-16,19,21H2,1-5H3,(H,47,48)/t27-,28+,29+. The number of anilines is 1. The Morgan fingerprint density at radius 2 is 1.50 bits per heavy atom. The smallest absolute Gasteiger partial charge is 0.416 e. The number of hydrogen-bond acceptors (Lipinski definition) is 6. The second-order valence-electron chi connectivity index (χ2n) is 13.6. The average molecular weight is 712 g/mol. The highest BCUT2D eigenvalue weighted by Gasteiger charge is 2.42. The third-order valence-electron chi connectivity index (χ3n) is 9.13. The van der Waals surface area contributed by atoms with Crippen LogP contribution in [0.15, 0.2) is 49.1 Å². The summed E-state index contributed by atoms with van der Waals surface area (Å²) in [5.41, 5.74) is -2.12. The maximum absolute atomic E-state index is 13.8. The summed E-state index contributed by atoms with van der Waals surface area (Å²) < 4.78 is 90.4. The minimum Gasteiger partial charge on any atom is -0.481 e. The maximum atomic E-state index is 13.8. The summed E-state index contributed by atoms with van der Waals surface area (Å²) >= 11 is 0. The number of ether oxygens (including phenoxy) is 1. The highest BCUT2D eigenvalue weighted by molar-refractivity contribution is 5.69. The molecule has 1 aliphatic rings. The molecule has 1 aliphatic heterocycles. The number of benzene rings is 1. The van der Waals surface area contributed by atoms with Crippen LogP contribution in [-0.2, 0) is 35.5 Å². The fourth-order valence-corrected chi connectivity index (χ4v) is 6.34. The van der Waals surface area contributed by atoms with E-state index < -0.39 is 47.0 Å². The lowest BCUT2D eigenvalue weighted by Crippen LogP contribution is -2.57. The van der Waals surface area contributed by atoms with Gasteiger partial charge in [-0.2, -0.15) is 26.3 Å². The van der Waals surface area contributed by atoms with Gasteiger partial charge in [0.05, 0.1) is 17.7 Å². The number of hydrogen-bond donors (Lipinski definition) is 1. The zero-order valence-electron chi connectivity index (χ0n) is 28.7. The summed E-state index contributed by atoms with van der Waals surface area (Å²) in [5.74, 6) is -0.826. The summed E-state index contributed by atoms with van der Waals surface area (Å²) in [6.07, 6.45) is -1.91. The molecule has 3 atom stereocenters. The Morgan fingerprint density at radius 3 is 1.96 bits per heavy atom. The quantitative estimate of drug-likeness (QED) is 0.188. The summed E-state index contributed by atoms with van der Waals surface area (Å²) in [6.45, 7) is 7.03. The predicted octanol–water partition coefficient (Wildman–Crippen LogP) is 8.58. The number of piperidine rings is 1. The lowest BCUT2D eigenvalue weighted by atomic mass is 9.87. The molecule has 0 spiro atoms. The molecule has 0 radical (unpaired) electrons. The van der Waals surface area contributed by atoms with Gasteiger partial charge in [0.1, 0.15) is 0 Å². The number of aryl methyl sites for hydroxylation is 1. The summed E-state index contributed by atoms with van der Waals surface area (Å²) in [5, 5.41) is 9.07. The minimum atomic E-state index is -5.01. The molecule has 274 valence electrons. The molecule has 1 amide bonds. The van der Waals surface area contributed by atoms with Gasteiger partial charge in [-0.1, -0.05) is 27.7 Å². The van der Waals surface area contributed by atoms with E-state index in [4.69, 9.17) is 9.84 Å². The second-order valence-corrected chi connectivity index (χ2v) is 13.6. The zero-order valence-corrected chi connectivity index (χ0v) is 28.7. The van der Waals surface area contributed by atoms with Crippen molar-refractivity contribution in [1.29, 1.82) is 0 Å². The number of carbonyl (C=O) groups is 2. The van der Waals surface area contributed by atoms with Gasteiger partial charge in [0.15, 0.2) is 0 Å². The Morgan fingerprint density at radius 1 is 0.940 bits per heavy atom. The number of carboxylic acids is 1. The zero-order chi connectivity index (χ0) is 37.0. The van der Waals surface area contributed by atoms with Crippen LogP contribution in [-0.4, -0.2) is 61.3 Å². The van der Waals surface area contributed by atoms with E-state index in [1.807, 2.05) is 57.8 Å². The number of carbonyl (C=O) groups excluding carboxylic acids is 1. The van der Waals surface area contributed by atoms with Gasteiger partial charge in [-0.25, -0.2) is 14.8 Å². The van der Waals surface area contributed by atoms with E-state index in [1.165, 1.54) is 0 Å². The predicted molar refractivity (Wildman–Crippen MR) is 174 cm³/mol. The molecule has 1 N–H and O–H groups in total. The number of amides is 1. The molecule has 0 saturated carbocycles. The van der Waals surface area contributed by atoms with Crippen molar-refractivity contribution in [2.45, 2.75) is 103 Å². The first-order valence-electron chi connectivity index (χ1n) is 16.5. The second kappa shape index (κ2) is 15.3. The molecule has 1 aromatic carbocycles. The van der Waals surface area contributed by atoms with Crippen LogP contribution in [0.25, 0.3) is 11.1 Å². The normalized spacial score (nSPS) is 18.6. The summed E-state index contributed by atoms with van der Waals surface area (Å²) in [6, 6.07) is 2.16. The maximum Gasteiger partial charge on any atom is 0.416 e. The first-order valence-corrected chi connectivity index (χ1v) is 16.5. The van der Waals surface area contributed by atoms with Crippen molar-refractivity contribution < 1.29 is 45.8 Å². The van der Waals surface area contributed by atoms with Gasteiger partial charge in [0.25, 0.3) is 0 Å². The van der Waals surface area contributed by atoms with Crippen molar-refractivity contribution >= 4 is 18.0 Å². The fourth-order valence-electron chi connectivity index (χ4n) is 6.34. The fraction of sp³-hybridized carbons (Fsp3) is 0.543. The SMILES string of the molecule is CC[C@@H]1C[C@H](N(Cc2cc(C(F)(F)F)cc(C(F)(F)F)c2)c2ncc(-c3ccn(C)c3)cn2)C[C@H](CC)N1C(=O)OCC(C)(C)CCC(=O)O. The van der Waals surface area contributed by atoms with E-state index >= 15 is 0 Å². The topological polar surface area (TPSA) is 101 Å². The molecule has 50 heavy (non-hydrogen) atoms. The third-order valence-corrected chi connectivity index (χ3v) is 9.13. The van der Waals surface area contributed by atoms with Crippen molar-refractivity contribution in [2.24, 2.45) is 12.5 Å². The summed E-state index contributed by atoms with van der Waals surface area (Å²) in [7, 11) is 1.85. The van der Waals surface area contributed by atoms with Gasteiger partial charge in [0, 0.05) is 74.1 Å². The van der Waals surface area contributed by atoms with E-state index in [0.717, 1.165) is 5.56 Å². The van der Waals surface area contributed by atoms with Crippen molar-refractivity contribution in [3.05, 3.63) is 65.7 Å². The molecular weight excluding hydrogens is 668 g/mol. The van der Waals surface area contributed by atoms with Gasteiger partial charge >= 0.3 is 24.4 Å². The van der Waals surface area contributed by atoms with E-state index in [2.05, 4.69) is 9.97 Å². The molecule has 1 saturated heterocycles. The lowest BCUT2D eigenvalue weighted by molar-refractivity contribution is -0.143. The Bertz CT molecular complexity index is 1580.